The standard InChI is InChI=1S/C16H13Cl3N2/c1-9-3-4-11(8-20)7-14(9)21-10(2)12-5-6-13(17)16(19)15(12)18/h3-7,10,21H,1-2H3. The van der Waals surface area contributed by atoms with E-state index in [2.05, 4.69) is 11.4 Å². The SMILES string of the molecule is Cc1ccc(C#N)cc1NC(C)c1ccc(Cl)c(Cl)c1Cl. The van der Waals surface area contributed by atoms with E-state index in [0.29, 0.717) is 20.6 Å². The average molecular weight is 340 g/mol. The van der Waals surface area contributed by atoms with Crippen LogP contribution in [0.1, 0.15) is 29.7 Å². The number of nitrogens with zero attached hydrogens (tertiary/aromatic N) is 1. The maximum absolute atomic E-state index is 8.98. The molecule has 0 radical (unpaired) electrons. The van der Waals surface area contributed by atoms with E-state index in [1.807, 2.05) is 32.0 Å². The summed E-state index contributed by atoms with van der Waals surface area (Å²) in [5.41, 5.74) is 3.41. The molecule has 21 heavy (non-hydrogen) atoms. The number of anilines is 1. The predicted octanol–water partition coefficient (Wildman–Crippen LogP) is 6.00. The summed E-state index contributed by atoms with van der Waals surface area (Å²) in [5.74, 6) is 0. The first kappa shape index (κ1) is 16.0. The molecule has 0 aliphatic rings. The third-order valence-corrected chi connectivity index (χ3v) is 4.58. The minimum Gasteiger partial charge on any atom is -0.378 e. The molecule has 5 heteroatoms. The van der Waals surface area contributed by atoms with Gasteiger partial charge in [0.2, 0.25) is 0 Å². The summed E-state index contributed by atoms with van der Waals surface area (Å²) >= 11 is 18.3. The highest BCUT2D eigenvalue weighted by atomic mass is 35.5. The van der Waals surface area contributed by atoms with Crippen molar-refractivity contribution in [2.24, 2.45) is 0 Å². The molecule has 2 nitrogen and oxygen atoms in total. The average Bonchev–Trinajstić information content (AvgIpc) is 2.47. The molecule has 1 atom stereocenters. The number of nitriles is 1. The van der Waals surface area contributed by atoms with Crippen molar-refractivity contribution in [1.82, 2.24) is 0 Å². The summed E-state index contributed by atoms with van der Waals surface area (Å²) in [6.45, 7) is 3.95. The largest absolute Gasteiger partial charge is 0.378 e. The minimum absolute atomic E-state index is 0.0695. The number of nitrogens with one attached hydrogen (secondary N) is 1. The second-order valence-electron chi connectivity index (χ2n) is 4.77. The molecule has 2 aromatic carbocycles. The lowest BCUT2D eigenvalue weighted by Crippen LogP contribution is -2.08. The molecule has 0 aliphatic carbocycles. The van der Waals surface area contributed by atoms with Crippen molar-refractivity contribution in [1.29, 1.82) is 5.26 Å². The quantitative estimate of drug-likeness (QED) is 0.696. The summed E-state index contributed by atoms with van der Waals surface area (Å²) in [4.78, 5) is 0. The Bertz CT molecular complexity index is 720. The van der Waals surface area contributed by atoms with Crippen LogP contribution in [0.15, 0.2) is 30.3 Å². The van der Waals surface area contributed by atoms with Gasteiger partial charge in [-0.1, -0.05) is 46.9 Å². The summed E-state index contributed by atoms with van der Waals surface area (Å²) in [6.07, 6.45) is 0. The van der Waals surface area contributed by atoms with E-state index in [-0.39, 0.29) is 6.04 Å². The van der Waals surface area contributed by atoms with Gasteiger partial charge in [-0.2, -0.15) is 5.26 Å². The Labute approximate surface area is 139 Å². The second kappa shape index (κ2) is 6.58. The van der Waals surface area contributed by atoms with Crippen molar-refractivity contribution >= 4 is 40.5 Å². The Morgan fingerprint density at radius 2 is 1.81 bits per heavy atom. The molecule has 1 unspecified atom stereocenters. The molecule has 0 aromatic heterocycles. The normalized spacial score (nSPS) is 11.8. The number of halogens is 3. The molecule has 0 saturated carbocycles. The Hall–Kier alpha value is -1.40. The van der Waals surface area contributed by atoms with Gasteiger partial charge in [0.25, 0.3) is 0 Å². The van der Waals surface area contributed by atoms with Gasteiger partial charge in [-0.3, -0.25) is 0 Å². The van der Waals surface area contributed by atoms with E-state index >= 15 is 0 Å². The first-order valence-corrected chi connectivity index (χ1v) is 7.48. The smallest absolute Gasteiger partial charge is 0.0992 e. The Morgan fingerprint density at radius 1 is 1.10 bits per heavy atom. The highest BCUT2D eigenvalue weighted by molar-refractivity contribution is 6.48. The summed E-state index contributed by atoms with van der Waals surface area (Å²) in [6, 6.07) is 11.1. The topological polar surface area (TPSA) is 35.8 Å². The van der Waals surface area contributed by atoms with Gasteiger partial charge in [-0.05, 0) is 43.2 Å². The molecule has 0 fully saturated rings. The lowest BCUT2D eigenvalue weighted by atomic mass is 10.1. The molecule has 0 aliphatic heterocycles. The number of hydrogen-bond acceptors (Lipinski definition) is 2. The van der Waals surface area contributed by atoms with Gasteiger partial charge < -0.3 is 5.32 Å². The van der Waals surface area contributed by atoms with Gasteiger partial charge in [-0.25, -0.2) is 0 Å². The van der Waals surface area contributed by atoms with Crippen molar-refractivity contribution in [3.8, 4) is 6.07 Å². The van der Waals surface area contributed by atoms with Gasteiger partial charge in [0.1, 0.15) is 0 Å². The van der Waals surface area contributed by atoms with Crippen molar-refractivity contribution in [2.75, 3.05) is 5.32 Å². The molecular formula is C16H13Cl3N2. The van der Waals surface area contributed by atoms with Gasteiger partial charge >= 0.3 is 0 Å². The van der Waals surface area contributed by atoms with Crippen LogP contribution >= 0.6 is 34.8 Å². The van der Waals surface area contributed by atoms with Gasteiger partial charge in [-0.15, -0.1) is 0 Å². The Balaban J connectivity index is 2.33. The van der Waals surface area contributed by atoms with Crippen LogP contribution in [0.3, 0.4) is 0 Å². The highest BCUT2D eigenvalue weighted by Gasteiger charge is 2.15. The number of rotatable bonds is 3. The third kappa shape index (κ3) is 3.44. The Kier molecular flexibility index (Phi) is 5.00. The zero-order valence-corrected chi connectivity index (χ0v) is 13.8. The summed E-state index contributed by atoms with van der Waals surface area (Å²) < 4.78 is 0. The van der Waals surface area contributed by atoms with Gasteiger partial charge in [0.05, 0.1) is 32.7 Å². The van der Waals surface area contributed by atoms with Crippen LogP contribution in [-0.4, -0.2) is 0 Å². The molecule has 2 rings (SSSR count). The van der Waals surface area contributed by atoms with Gasteiger partial charge in [0.15, 0.2) is 0 Å². The van der Waals surface area contributed by atoms with Crippen LogP contribution in [0.25, 0.3) is 0 Å². The second-order valence-corrected chi connectivity index (χ2v) is 5.94. The molecule has 1 N–H and O–H groups in total. The van der Waals surface area contributed by atoms with Crippen LogP contribution in [0.5, 0.6) is 0 Å². The molecule has 0 amide bonds. The minimum atomic E-state index is -0.0695. The zero-order chi connectivity index (χ0) is 15.6. The van der Waals surface area contributed by atoms with Crippen molar-refractivity contribution in [3.63, 3.8) is 0 Å². The van der Waals surface area contributed by atoms with E-state index in [1.165, 1.54) is 0 Å². The predicted molar refractivity (Wildman–Crippen MR) is 89.4 cm³/mol. The molecule has 2 aromatic rings. The van der Waals surface area contributed by atoms with Crippen LogP contribution in [-0.2, 0) is 0 Å². The third-order valence-electron chi connectivity index (χ3n) is 3.27. The van der Waals surface area contributed by atoms with Crippen molar-refractivity contribution < 1.29 is 0 Å². The van der Waals surface area contributed by atoms with E-state index < -0.39 is 0 Å². The molecule has 108 valence electrons. The first-order chi connectivity index (χ1) is 9.93. The lowest BCUT2D eigenvalue weighted by Gasteiger charge is -2.19. The van der Waals surface area contributed by atoms with Crippen molar-refractivity contribution in [2.45, 2.75) is 19.9 Å². The maximum atomic E-state index is 8.98. The van der Waals surface area contributed by atoms with E-state index in [4.69, 9.17) is 40.1 Å². The number of hydrogen-bond donors (Lipinski definition) is 1. The molecule has 0 bridgehead atoms. The fraction of sp³-hybridized carbons (Fsp3) is 0.188. The fourth-order valence-corrected chi connectivity index (χ4v) is 2.74. The van der Waals surface area contributed by atoms with E-state index in [9.17, 15) is 0 Å². The fourth-order valence-electron chi connectivity index (χ4n) is 2.03. The van der Waals surface area contributed by atoms with Gasteiger partial charge in [0, 0.05) is 5.69 Å². The first-order valence-electron chi connectivity index (χ1n) is 6.34. The number of benzene rings is 2. The van der Waals surface area contributed by atoms with Crippen LogP contribution in [0, 0.1) is 18.3 Å². The summed E-state index contributed by atoms with van der Waals surface area (Å²) in [7, 11) is 0. The van der Waals surface area contributed by atoms with E-state index in [0.717, 1.165) is 16.8 Å². The maximum Gasteiger partial charge on any atom is 0.0992 e. The van der Waals surface area contributed by atoms with Crippen molar-refractivity contribution in [3.05, 3.63) is 62.1 Å². The summed E-state index contributed by atoms with van der Waals surface area (Å²) in [5, 5.41) is 13.6. The molecule has 0 spiro atoms. The number of aryl methyl sites for hydroxylation is 1. The molecule has 0 saturated heterocycles. The zero-order valence-electron chi connectivity index (χ0n) is 11.5. The van der Waals surface area contributed by atoms with Crippen LogP contribution < -0.4 is 5.32 Å². The molecule has 0 heterocycles. The Morgan fingerprint density at radius 3 is 2.48 bits per heavy atom. The highest BCUT2D eigenvalue weighted by Crippen LogP contribution is 2.36. The van der Waals surface area contributed by atoms with E-state index in [1.54, 1.807) is 12.1 Å². The lowest BCUT2D eigenvalue weighted by molar-refractivity contribution is 0.883. The molecular weight excluding hydrogens is 327 g/mol. The van der Waals surface area contributed by atoms with Crippen LogP contribution in [0.2, 0.25) is 15.1 Å². The van der Waals surface area contributed by atoms with Crippen LogP contribution in [0.4, 0.5) is 5.69 Å². The monoisotopic (exact) mass is 338 g/mol.